The van der Waals surface area contributed by atoms with Crippen LogP contribution in [-0.2, 0) is 13.5 Å². The van der Waals surface area contributed by atoms with Gasteiger partial charge in [0.15, 0.2) is 0 Å². The molecule has 0 spiro atoms. The summed E-state index contributed by atoms with van der Waals surface area (Å²) in [4.78, 5) is 1.11. The number of thioether (sulfide) groups is 1. The van der Waals surface area contributed by atoms with Crippen LogP contribution in [0.25, 0.3) is 0 Å². The topological polar surface area (TPSA) is 0 Å². The van der Waals surface area contributed by atoms with Gasteiger partial charge >= 0.3 is 94.4 Å². The van der Waals surface area contributed by atoms with Crippen LogP contribution in [0, 0.1) is 14.9 Å². The molecule has 0 bridgehead atoms. The molecule has 0 saturated carbocycles. The van der Waals surface area contributed by atoms with Crippen molar-refractivity contribution in [3.05, 3.63) is 44.1 Å². The number of hydrogen-bond donors (Lipinski definition) is 0. The molecule has 0 aromatic heterocycles. The smallest absolute Gasteiger partial charge is 0.358 e. The van der Waals surface area contributed by atoms with E-state index in [2.05, 4.69) is 0 Å². The second-order valence-electron chi connectivity index (χ2n) is 1.86. The molecule has 0 aliphatic carbocycles. The third-order valence-corrected chi connectivity index (χ3v) is 5.84. The van der Waals surface area contributed by atoms with E-state index in [4.69, 9.17) is 31.0 Å². The Hall–Kier alpha value is 0.933. The van der Waals surface area contributed by atoms with Crippen molar-refractivity contribution in [2.24, 2.45) is 0 Å². The van der Waals surface area contributed by atoms with E-state index >= 15 is 0 Å². The second kappa shape index (κ2) is 9.18. The minimum absolute atomic E-state index is 0. The van der Waals surface area contributed by atoms with Gasteiger partial charge < -0.3 is 14.9 Å². The first-order valence-corrected chi connectivity index (χ1v) is 9.66. The molecule has 1 aromatic carbocycles. The Morgan fingerprint density at radius 1 is 1.07 bits per heavy atom. The van der Waals surface area contributed by atoms with Crippen LogP contribution in [0.3, 0.4) is 0 Å². The SMILES string of the molecule is Clc1ccc(S[CH]=[Ru]([Cl])[Cl])cc1.[CH3-].[CH3-]. The second-order valence-corrected chi connectivity index (χ2v) is 9.62. The van der Waals surface area contributed by atoms with Crippen molar-refractivity contribution >= 4 is 46.7 Å². The third kappa shape index (κ3) is 7.25. The molecule has 1 aromatic rings. The van der Waals surface area contributed by atoms with Gasteiger partial charge in [0.25, 0.3) is 0 Å². The predicted molar refractivity (Wildman–Crippen MR) is 67.9 cm³/mol. The van der Waals surface area contributed by atoms with Gasteiger partial charge in [0, 0.05) is 0 Å². The van der Waals surface area contributed by atoms with E-state index < -0.39 is 13.5 Å². The fourth-order valence-electron chi connectivity index (χ4n) is 0.593. The molecule has 0 atom stereocenters. The quantitative estimate of drug-likeness (QED) is 0.406. The molecule has 5 heteroatoms. The van der Waals surface area contributed by atoms with Gasteiger partial charge in [-0.1, -0.05) is 0 Å². The van der Waals surface area contributed by atoms with Crippen LogP contribution in [0.1, 0.15) is 0 Å². The Labute approximate surface area is 108 Å². The van der Waals surface area contributed by atoms with E-state index in [-0.39, 0.29) is 14.9 Å². The van der Waals surface area contributed by atoms with Gasteiger partial charge in [0.1, 0.15) is 0 Å². The molecule has 0 aliphatic rings. The van der Waals surface area contributed by atoms with Crippen LogP contribution in [0.5, 0.6) is 0 Å². The largest absolute Gasteiger partial charge is 0.358 e. The van der Waals surface area contributed by atoms with E-state index in [1.165, 1.54) is 0 Å². The van der Waals surface area contributed by atoms with Crippen molar-refractivity contribution in [3.8, 4) is 0 Å². The van der Waals surface area contributed by atoms with Gasteiger partial charge in [-0.25, -0.2) is 0 Å². The van der Waals surface area contributed by atoms with E-state index in [0.29, 0.717) is 0 Å². The Kier molecular flexibility index (Phi) is 11.4. The minimum atomic E-state index is -1.64. The number of rotatable bonds is 2. The summed E-state index contributed by atoms with van der Waals surface area (Å²) in [6.45, 7) is 0. The minimum Gasteiger partial charge on any atom is -0.358 e. The first-order valence-electron chi connectivity index (χ1n) is 2.92. The average Bonchev–Trinajstić information content (AvgIpc) is 2.03. The molecular weight excluding hydrogens is 348 g/mol. The van der Waals surface area contributed by atoms with Crippen molar-refractivity contribution in [2.45, 2.75) is 4.90 Å². The Balaban J connectivity index is 0. The van der Waals surface area contributed by atoms with E-state index in [9.17, 15) is 0 Å². The predicted octanol–water partition coefficient (Wildman–Crippen LogP) is 5.02. The average molecular weight is 359 g/mol. The van der Waals surface area contributed by atoms with Crippen molar-refractivity contribution < 1.29 is 13.5 Å². The molecule has 0 amide bonds. The molecule has 0 nitrogen and oxygen atoms in total. The van der Waals surface area contributed by atoms with Gasteiger partial charge in [-0.3, -0.25) is 0 Å². The van der Waals surface area contributed by atoms with E-state index in [0.717, 1.165) is 9.92 Å². The summed E-state index contributed by atoms with van der Waals surface area (Å²) in [6.07, 6.45) is 0. The van der Waals surface area contributed by atoms with Crippen molar-refractivity contribution in [1.82, 2.24) is 0 Å². The standard InChI is InChI=1S/C7H5ClS.2CH3.2ClH.Ru/c1-9-7-4-2-6(8)3-5-7;;;;;/h1-5H;2*1H3;2*1H;/q;2*-1;;;+2/p-2. The van der Waals surface area contributed by atoms with Crippen LogP contribution >= 0.6 is 42.7 Å². The number of benzene rings is 1. The van der Waals surface area contributed by atoms with Crippen molar-refractivity contribution in [3.63, 3.8) is 0 Å². The Morgan fingerprint density at radius 2 is 1.57 bits per heavy atom. The Bertz CT molecular complexity index is 281. The van der Waals surface area contributed by atoms with Gasteiger partial charge in [-0.2, -0.15) is 0 Å². The van der Waals surface area contributed by atoms with Gasteiger partial charge in [0.2, 0.25) is 0 Å². The monoisotopic (exact) mass is 358 g/mol. The van der Waals surface area contributed by atoms with Gasteiger partial charge in [0.05, 0.1) is 0 Å². The maximum absolute atomic E-state index is 5.71. The summed E-state index contributed by atoms with van der Waals surface area (Å²) in [5.74, 6) is 0. The normalized spacial score (nSPS) is 9.50. The molecule has 0 unspecified atom stereocenters. The summed E-state index contributed by atoms with van der Waals surface area (Å²) >= 11 is 5.62. The van der Waals surface area contributed by atoms with Gasteiger partial charge in [-0.15, -0.1) is 0 Å². The molecule has 1 rings (SSSR count). The van der Waals surface area contributed by atoms with Crippen molar-refractivity contribution in [2.75, 3.05) is 0 Å². The maximum Gasteiger partial charge on any atom is -0.358 e. The zero-order valence-electron chi connectivity index (χ0n) is 7.78. The molecule has 0 heterocycles. The molecule has 0 N–H and O–H groups in total. The summed E-state index contributed by atoms with van der Waals surface area (Å²) in [5.41, 5.74) is 0. The van der Waals surface area contributed by atoms with E-state index in [1.54, 1.807) is 11.8 Å². The van der Waals surface area contributed by atoms with Crippen molar-refractivity contribution in [1.29, 1.82) is 0 Å². The number of halogens is 3. The summed E-state index contributed by atoms with van der Waals surface area (Å²) in [5, 5.41) is 0.741. The van der Waals surface area contributed by atoms with Gasteiger partial charge in [-0.05, 0) is 0 Å². The molecule has 0 saturated heterocycles. The summed E-state index contributed by atoms with van der Waals surface area (Å²) < 4.78 is 1.89. The molecule has 0 radical (unpaired) electrons. The van der Waals surface area contributed by atoms with Crippen LogP contribution < -0.4 is 0 Å². The third-order valence-electron chi connectivity index (χ3n) is 1.05. The molecular formula is C9H11Cl3RuS-2. The van der Waals surface area contributed by atoms with Crippen LogP contribution in [0.2, 0.25) is 5.02 Å². The first-order chi connectivity index (χ1) is 5.68. The fraction of sp³-hybridized carbons (Fsp3) is 0. The van der Waals surface area contributed by atoms with Crippen LogP contribution in [0.15, 0.2) is 29.2 Å². The van der Waals surface area contributed by atoms with E-state index in [1.807, 2.05) is 28.2 Å². The fourth-order valence-corrected chi connectivity index (χ4v) is 3.46. The van der Waals surface area contributed by atoms with Crippen LogP contribution in [0.4, 0.5) is 0 Å². The first kappa shape index (κ1) is 17.3. The zero-order chi connectivity index (χ0) is 8.97. The molecule has 84 valence electrons. The summed E-state index contributed by atoms with van der Waals surface area (Å²) in [6, 6.07) is 7.57. The molecule has 0 aliphatic heterocycles. The zero-order valence-corrected chi connectivity index (χ0v) is 12.6. The molecule has 0 fully saturated rings. The number of hydrogen-bond acceptors (Lipinski definition) is 1. The Morgan fingerprint density at radius 3 is 2.00 bits per heavy atom. The summed E-state index contributed by atoms with van der Waals surface area (Å²) in [7, 11) is 11.3. The van der Waals surface area contributed by atoms with Crippen LogP contribution in [-0.4, -0.2) is 3.94 Å². The maximum atomic E-state index is 5.71. The molecule has 14 heavy (non-hydrogen) atoms.